The number of Topliss-reactive ketones (excluding diaryl/α,β-unsaturated/α-hetero) is 1. The van der Waals surface area contributed by atoms with E-state index < -0.39 is 0 Å². The first-order valence-corrected chi connectivity index (χ1v) is 14.9. The molecule has 10 nitrogen and oxygen atoms in total. The summed E-state index contributed by atoms with van der Waals surface area (Å²) in [5.74, 6) is 0.729. The van der Waals surface area contributed by atoms with Crippen molar-refractivity contribution in [3.05, 3.63) is 52.9 Å². The lowest BCUT2D eigenvalue weighted by Crippen LogP contribution is -2.36. The van der Waals surface area contributed by atoms with E-state index in [0.717, 1.165) is 88.3 Å². The SMILES string of the molecule is Cc1cc(N2CCOCC2)ccc1CCCC(=O)CCC1CCC(=C(N)c2cnc(N)nc2)C1=NN1CCOCC1. The number of nitrogens with zero attached hydrogens (tertiary/aromatic N) is 5. The summed E-state index contributed by atoms with van der Waals surface area (Å²) in [5, 5.41) is 7.11. The molecule has 10 heteroatoms. The van der Waals surface area contributed by atoms with Crippen LogP contribution in [-0.4, -0.2) is 79.1 Å². The van der Waals surface area contributed by atoms with E-state index in [9.17, 15) is 4.79 Å². The summed E-state index contributed by atoms with van der Waals surface area (Å²) < 4.78 is 11.0. The van der Waals surface area contributed by atoms with Crippen LogP contribution in [0.4, 0.5) is 11.6 Å². The van der Waals surface area contributed by atoms with Gasteiger partial charge < -0.3 is 25.8 Å². The number of hydrogen-bond donors (Lipinski definition) is 2. The van der Waals surface area contributed by atoms with Gasteiger partial charge >= 0.3 is 0 Å². The molecular formula is C31H43N7O3. The van der Waals surface area contributed by atoms with Crippen molar-refractivity contribution < 1.29 is 14.3 Å². The van der Waals surface area contributed by atoms with Gasteiger partial charge in [0.1, 0.15) is 5.78 Å². The van der Waals surface area contributed by atoms with Crippen LogP contribution in [0.3, 0.4) is 0 Å². The van der Waals surface area contributed by atoms with Crippen LogP contribution >= 0.6 is 0 Å². The van der Waals surface area contributed by atoms with Crippen LogP contribution in [0, 0.1) is 12.8 Å². The van der Waals surface area contributed by atoms with Crippen LogP contribution in [-0.2, 0) is 20.7 Å². The van der Waals surface area contributed by atoms with E-state index in [0.29, 0.717) is 37.5 Å². The molecule has 220 valence electrons. The van der Waals surface area contributed by atoms with Crippen LogP contribution in [0.2, 0.25) is 0 Å². The van der Waals surface area contributed by atoms with E-state index in [1.165, 1.54) is 16.8 Å². The molecular weight excluding hydrogens is 518 g/mol. The van der Waals surface area contributed by atoms with E-state index in [1.54, 1.807) is 12.4 Å². The number of carbonyl (C=O) groups is 1. The number of anilines is 2. The first kappa shape index (κ1) is 29.0. The second-order valence-corrected chi connectivity index (χ2v) is 11.2. The number of carbonyl (C=O) groups excluding carboxylic acids is 1. The maximum absolute atomic E-state index is 13.0. The maximum Gasteiger partial charge on any atom is 0.219 e. The molecule has 0 bridgehead atoms. The standard InChI is InChI=1S/C31H43N7O3/c1-22-19-26(37-11-15-40-16-12-37)8-5-23(22)3-2-4-27(39)9-6-24-7-10-28(29(32)25-20-34-31(33)35-21-25)30(24)36-38-13-17-41-18-14-38/h5,8,19-21,24H,2-4,6-7,9-18,32H2,1H3,(H2,33,34,35). The third kappa shape index (κ3) is 7.62. The fourth-order valence-corrected chi connectivity index (χ4v) is 5.90. The second kappa shape index (κ2) is 13.9. The zero-order chi connectivity index (χ0) is 28.6. The molecule has 5 rings (SSSR count). The Morgan fingerprint density at radius 1 is 1.05 bits per heavy atom. The summed E-state index contributed by atoms with van der Waals surface area (Å²) in [6.07, 6.45) is 8.78. The van der Waals surface area contributed by atoms with Gasteiger partial charge in [0.2, 0.25) is 5.95 Å². The van der Waals surface area contributed by atoms with Gasteiger partial charge in [-0.2, -0.15) is 5.10 Å². The van der Waals surface area contributed by atoms with Crippen molar-refractivity contribution in [2.45, 2.75) is 51.9 Å². The summed E-state index contributed by atoms with van der Waals surface area (Å²) >= 11 is 0. The number of nitrogen functional groups attached to an aromatic ring is 1. The van der Waals surface area contributed by atoms with Crippen LogP contribution < -0.4 is 16.4 Å². The molecule has 3 aliphatic rings. The number of ketones is 1. The number of aromatic nitrogens is 2. The minimum absolute atomic E-state index is 0.194. The quantitative estimate of drug-likeness (QED) is 0.448. The van der Waals surface area contributed by atoms with Gasteiger partial charge in [-0.3, -0.25) is 9.80 Å². The molecule has 0 radical (unpaired) electrons. The Morgan fingerprint density at radius 2 is 1.76 bits per heavy atom. The summed E-state index contributed by atoms with van der Waals surface area (Å²) in [6, 6.07) is 6.70. The highest BCUT2D eigenvalue weighted by Gasteiger charge is 2.31. The number of morpholine rings is 2. The average molecular weight is 562 g/mol. The molecule has 2 saturated heterocycles. The van der Waals surface area contributed by atoms with E-state index in [4.69, 9.17) is 26.0 Å². The molecule has 0 amide bonds. The predicted octanol–water partition coefficient (Wildman–Crippen LogP) is 3.34. The first-order chi connectivity index (χ1) is 20.0. The fraction of sp³-hybridized carbons (Fsp3) is 0.548. The van der Waals surface area contributed by atoms with E-state index >= 15 is 0 Å². The second-order valence-electron chi connectivity index (χ2n) is 11.2. The molecule has 1 atom stereocenters. The Labute approximate surface area is 242 Å². The smallest absolute Gasteiger partial charge is 0.219 e. The molecule has 3 heterocycles. The van der Waals surface area contributed by atoms with Crippen LogP contribution in [0.5, 0.6) is 0 Å². The lowest BCUT2D eigenvalue weighted by molar-refractivity contribution is -0.119. The maximum atomic E-state index is 13.0. The number of hydrogen-bond acceptors (Lipinski definition) is 10. The minimum Gasteiger partial charge on any atom is -0.398 e. The lowest BCUT2D eigenvalue weighted by Gasteiger charge is -2.29. The van der Waals surface area contributed by atoms with E-state index in [2.05, 4.69) is 45.0 Å². The summed E-state index contributed by atoms with van der Waals surface area (Å²) in [6.45, 7) is 8.44. The molecule has 41 heavy (non-hydrogen) atoms. The van der Waals surface area contributed by atoms with Crippen molar-refractivity contribution >= 4 is 28.8 Å². The summed E-state index contributed by atoms with van der Waals surface area (Å²) in [5.41, 5.74) is 19.6. The highest BCUT2D eigenvalue weighted by Crippen LogP contribution is 2.35. The summed E-state index contributed by atoms with van der Waals surface area (Å²) in [7, 11) is 0. The number of aryl methyl sites for hydroxylation is 2. The molecule has 1 aromatic heterocycles. The van der Waals surface area contributed by atoms with Crippen molar-refractivity contribution in [3.63, 3.8) is 0 Å². The number of benzene rings is 1. The molecule has 2 aromatic rings. The van der Waals surface area contributed by atoms with Gasteiger partial charge in [0.25, 0.3) is 0 Å². The Balaban J connectivity index is 1.17. The molecule has 1 unspecified atom stereocenters. The summed E-state index contributed by atoms with van der Waals surface area (Å²) in [4.78, 5) is 23.5. The molecule has 1 aromatic carbocycles. The molecule has 1 aliphatic carbocycles. The van der Waals surface area contributed by atoms with E-state index in [1.807, 2.05) is 0 Å². The number of ether oxygens (including phenoxy) is 2. The van der Waals surface area contributed by atoms with Crippen LogP contribution in [0.15, 0.2) is 41.3 Å². The number of rotatable bonds is 10. The molecule has 2 aliphatic heterocycles. The molecule has 1 saturated carbocycles. The van der Waals surface area contributed by atoms with Crippen molar-refractivity contribution in [3.8, 4) is 0 Å². The van der Waals surface area contributed by atoms with Crippen molar-refractivity contribution in [1.82, 2.24) is 15.0 Å². The van der Waals surface area contributed by atoms with Gasteiger partial charge in [0.05, 0.1) is 45.2 Å². The van der Waals surface area contributed by atoms with Crippen molar-refractivity contribution in [1.29, 1.82) is 0 Å². The molecule has 4 N–H and O–H groups in total. The van der Waals surface area contributed by atoms with Gasteiger partial charge in [0.15, 0.2) is 0 Å². The van der Waals surface area contributed by atoms with E-state index in [-0.39, 0.29) is 11.9 Å². The lowest BCUT2D eigenvalue weighted by atomic mass is 9.95. The normalized spacial score (nSPS) is 21.9. The predicted molar refractivity (Wildman–Crippen MR) is 161 cm³/mol. The Bertz CT molecular complexity index is 1250. The highest BCUT2D eigenvalue weighted by atomic mass is 16.5. The Morgan fingerprint density at radius 3 is 2.46 bits per heavy atom. The minimum atomic E-state index is 0.194. The third-order valence-corrected chi connectivity index (χ3v) is 8.36. The van der Waals surface area contributed by atoms with Crippen molar-refractivity contribution in [2.75, 3.05) is 63.2 Å². The number of hydrazone groups is 1. The number of allylic oxidation sites excluding steroid dienone is 1. The topological polar surface area (TPSA) is 132 Å². The van der Waals surface area contributed by atoms with Gasteiger partial charge in [-0.05, 0) is 67.9 Å². The van der Waals surface area contributed by atoms with Gasteiger partial charge in [-0.1, -0.05) is 6.07 Å². The zero-order valence-electron chi connectivity index (χ0n) is 24.2. The van der Waals surface area contributed by atoms with Crippen LogP contribution in [0.1, 0.15) is 55.2 Å². The molecule has 3 fully saturated rings. The fourth-order valence-electron chi connectivity index (χ4n) is 5.90. The number of nitrogens with two attached hydrogens (primary N) is 2. The Hall–Kier alpha value is -3.50. The third-order valence-electron chi connectivity index (χ3n) is 8.36. The monoisotopic (exact) mass is 561 g/mol. The van der Waals surface area contributed by atoms with Gasteiger partial charge in [-0.15, -0.1) is 0 Å². The zero-order valence-corrected chi connectivity index (χ0v) is 24.2. The highest BCUT2D eigenvalue weighted by molar-refractivity contribution is 6.09. The van der Waals surface area contributed by atoms with Gasteiger partial charge in [-0.25, -0.2) is 9.97 Å². The molecule has 0 spiro atoms. The van der Waals surface area contributed by atoms with Crippen molar-refractivity contribution in [2.24, 2.45) is 16.8 Å². The first-order valence-electron chi connectivity index (χ1n) is 14.9. The average Bonchev–Trinajstić information content (AvgIpc) is 3.40. The Kier molecular flexibility index (Phi) is 9.84. The van der Waals surface area contributed by atoms with Crippen LogP contribution in [0.25, 0.3) is 5.70 Å². The van der Waals surface area contributed by atoms with Gasteiger partial charge in [0, 0.05) is 61.2 Å². The largest absolute Gasteiger partial charge is 0.398 e.